The van der Waals surface area contributed by atoms with Crippen LogP contribution in [0.4, 0.5) is 0 Å². The molecule has 3 nitrogen and oxygen atoms in total. The molecule has 0 amide bonds. The van der Waals surface area contributed by atoms with Gasteiger partial charge in [-0.3, -0.25) is 0 Å². The second kappa shape index (κ2) is 7.20. The first kappa shape index (κ1) is 12.9. The standard InChI is InChI=1S/C12H26N2O/c1-3-4-5-10(2)14-9-12-7-6-11(8-13)15-12/h10-12,14H,3-9,13H2,1-2H3. The van der Waals surface area contributed by atoms with Gasteiger partial charge in [0.25, 0.3) is 0 Å². The van der Waals surface area contributed by atoms with Crippen LogP contribution in [0.5, 0.6) is 0 Å². The molecular formula is C12H26N2O. The van der Waals surface area contributed by atoms with Crippen molar-refractivity contribution in [1.82, 2.24) is 5.32 Å². The molecular weight excluding hydrogens is 188 g/mol. The lowest BCUT2D eigenvalue weighted by atomic mass is 10.1. The zero-order valence-corrected chi connectivity index (χ0v) is 10.2. The fraction of sp³-hybridized carbons (Fsp3) is 1.00. The molecule has 1 aliphatic rings. The summed E-state index contributed by atoms with van der Waals surface area (Å²) in [4.78, 5) is 0. The smallest absolute Gasteiger partial charge is 0.0704 e. The zero-order chi connectivity index (χ0) is 11.1. The van der Waals surface area contributed by atoms with Gasteiger partial charge in [0.15, 0.2) is 0 Å². The average molecular weight is 214 g/mol. The molecule has 1 saturated heterocycles. The Balaban J connectivity index is 2.04. The molecule has 0 aromatic carbocycles. The molecule has 0 aromatic rings. The normalized spacial score (nSPS) is 28.2. The lowest BCUT2D eigenvalue weighted by molar-refractivity contribution is 0.0490. The molecule has 15 heavy (non-hydrogen) atoms. The molecule has 1 aliphatic heterocycles. The van der Waals surface area contributed by atoms with Gasteiger partial charge in [-0.15, -0.1) is 0 Å². The van der Waals surface area contributed by atoms with E-state index in [2.05, 4.69) is 19.2 Å². The lowest BCUT2D eigenvalue weighted by Gasteiger charge is -2.17. The molecule has 1 heterocycles. The van der Waals surface area contributed by atoms with Crippen LogP contribution in [0, 0.1) is 0 Å². The number of ether oxygens (including phenoxy) is 1. The highest BCUT2D eigenvalue weighted by Crippen LogP contribution is 2.18. The molecule has 0 spiro atoms. The van der Waals surface area contributed by atoms with E-state index in [1.54, 1.807) is 0 Å². The molecule has 1 fully saturated rings. The van der Waals surface area contributed by atoms with Crippen LogP contribution in [0.2, 0.25) is 0 Å². The van der Waals surface area contributed by atoms with Gasteiger partial charge in [-0.05, 0) is 26.2 Å². The Hall–Kier alpha value is -0.120. The summed E-state index contributed by atoms with van der Waals surface area (Å²) in [7, 11) is 0. The van der Waals surface area contributed by atoms with Crippen LogP contribution in [-0.2, 0) is 4.74 Å². The Labute approximate surface area is 93.8 Å². The van der Waals surface area contributed by atoms with E-state index in [-0.39, 0.29) is 0 Å². The molecule has 0 aromatic heterocycles. The number of hydrogen-bond donors (Lipinski definition) is 2. The van der Waals surface area contributed by atoms with E-state index >= 15 is 0 Å². The number of rotatable bonds is 7. The fourth-order valence-corrected chi connectivity index (χ4v) is 2.05. The van der Waals surface area contributed by atoms with Gasteiger partial charge in [0.2, 0.25) is 0 Å². The van der Waals surface area contributed by atoms with Crippen LogP contribution in [0.3, 0.4) is 0 Å². The van der Waals surface area contributed by atoms with Crippen molar-refractivity contribution >= 4 is 0 Å². The molecule has 0 bridgehead atoms. The Bertz CT molecular complexity index is 164. The Morgan fingerprint density at radius 1 is 1.40 bits per heavy atom. The third-order valence-electron chi connectivity index (χ3n) is 3.14. The van der Waals surface area contributed by atoms with Crippen molar-refractivity contribution in [2.75, 3.05) is 13.1 Å². The van der Waals surface area contributed by atoms with Crippen molar-refractivity contribution in [2.24, 2.45) is 5.73 Å². The minimum absolute atomic E-state index is 0.308. The van der Waals surface area contributed by atoms with Gasteiger partial charge in [-0.25, -0.2) is 0 Å². The summed E-state index contributed by atoms with van der Waals surface area (Å²) < 4.78 is 5.78. The summed E-state index contributed by atoms with van der Waals surface area (Å²) in [5.74, 6) is 0. The van der Waals surface area contributed by atoms with Gasteiger partial charge in [0, 0.05) is 19.1 Å². The van der Waals surface area contributed by atoms with Crippen molar-refractivity contribution in [3.63, 3.8) is 0 Å². The third-order valence-corrected chi connectivity index (χ3v) is 3.14. The highest BCUT2D eigenvalue weighted by atomic mass is 16.5. The predicted octanol–water partition coefficient (Wildman–Crippen LogP) is 1.66. The van der Waals surface area contributed by atoms with E-state index in [1.807, 2.05) is 0 Å². The van der Waals surface area contributed by atoms with Gasteiger partial charge >= 0.3 is 0 Å². The van der Waals surface area contributed by atoms with E-state index in [4.69, 9.17) is 10.5 Å². The highest BCUT2D eigenvalue weighted by Gasteiger charge is 2.23. The molecule has 3 atom stereocenters. The van der Waals surface area contributed by atoms with E-state index in [9.17, 15) is 0 Å². The van der Waals surface area contributed by atoms with Crippen molar-refractivity contribution in [2.45, 2.75) is 64.2 Å². The number of nitrogens with two attached hydrogens (primary N) is 1. The SMILES string of the molecule is CCCCC(C)NCC1CCC(CN)O1. The molecule has 3 N–H and O–H groups in total. The summed E-state index contributed by atoms with van der Waals surface area (Å²) in [5, 5.41) is 3.54. The Morgan fingerprint density at radius 2 is 2.13 bits per heavy atom. The summed E-state index contributed by atoms with van der Waals surface area (Å²) in [6.45, 7) is 6.15. The molecule has 3 heteroatoms. The molecule has 0 aliphatic carbocycles. The molecule has 3 unspecified atom stereocenters. The zero-order valence-electron chi connectivity index (χ0n) is 10.2. The van der Waals surface area contributed by atoms with Gasteiger partial charge in [0.05, 0.1) is 12.2 Å². The van der Waals surface area contributed by atoms with E-state index in [1.165, 1.54) is 19.3 Å². The van der Waals surface area contributed by atoms with Crippen LogP contribution in [0.15, 0.2) is 0 Å². The number of nitrogens with one attached hydrogen (secondary N) is 1. The van der Waals surface area contributed by atoms with Crippen molar-refractivity contribution in [3.05, 3.63) is 0 Å². The first-order chi connectivity index (χ1) is 7.26. The predicted molar refractivity (Wildman–Crippen MR) is 63.9 cm³/mol. The maximum absolute atomic E-state index is 5.78. The van der Waals surface area contributed by atoms with Crippen LogP contribution in [-0.4, -0.2) is 31.3 Å². The fourth-order valence-electron chi connectivity index (χ4n) is 2.05. The second-order valence-electron chi connectivity index (χ2n) is 4.64. The van der Waals surface area contributed by atoms with Crippen LogP contribution in [0.25, 0.3) is 0 Å². The van der Waals surface area contributed by atoms with Gasteiger partial charge in [0.1, 0.15) is 0 Å². The summed E-state index contributed by atoms with van der Waals surface area (Å²) in [5.41, 5.74) is 5.57. The first-order valence-corrected chi connectivity index (χ1v) is 6.35. The van der Waals surface area contributed by atoms with E-state index in [0.717, 1.165) is 19.4 Å². The van der Waals surface area contributed by atoms with Crippen LogP contribution in [0.1, 0.15) is 46.0 Å². The number of unbranched alkanes of at least 4 members (excludes halogenated alkanes) is 1. The topological polar surface area (TPSA) is 47.3 Å². The van der Waals surface area contributed by atoms with Crippen molar-refractivity contribution < 1.29 is 4.74 Å². The maximum Gasteiger partial charge on any atom is 0.0704 e. The molecule has 0 radical (unpaired) electrons. The molecule has 0 saturated carbocycles. The molecule has 90 valence electrons. The quantitative estimate of drug-likeness (QED) is 0.677. The largest absolute Gasteiger partial charge is 0.372 e. The lowest BCUT2D eigenvalue weighted by Crippen LogP contribution is -2.34. The summed E-state index contributed by atoms with van der Waals surface area (Å²) in [6.07, 6.45) is 6.85. The van der Waals surface area contributed by atoms with Gasteiger partial charge < -0.3 is 15.8 Å². The van der Waals surface area contributed by atoms with Gasteiger partial charge in [-0.2, -0.15) is 0 Å². The second-order valence-corrected chi connectivity index (χ2v) is 4.64. The van der Waals surface area contributed by atoms with E-state index in [0.29, 0.717) is 24.8 Å². The Kier molecular flexibility index (Phi) is 6.22. The van der Waals surface area contributed by atoms with Gasteiger partial charge in [-0.1, -0.05) is 19.8 Å². The summed E-state index contributed by atoms with van der Waals surface area (Å²) in [6, 6.07) is 0.616. The minimum atomic E-state index is 0.308. The van der Waals surface area contributed by atoms with Crippen molar-refractivity contribution in [3.8, 4) is 0 Å². The monoisotopic (exact) mass is 214 g/mol. The maximum atomic E-state index is 5.78. The Morgan fingerprint density at radius 3 is 2.73 bits per heavy atom. The molecule has 1 rings (SSSR count). The average Bonchev–Trinajstić information content (AvgIpc) is 2.71. The highest BCUT2D eigenvalue weighted by molar-refractivity contribution is 4.76. The number of hydrogen-bond acceptors (Lipinski definition) is 3. The minimum Gasteiger partial charge on any atom is -0.372 e. The van der Waals surface area contributed by atoms with E-state index < -0.39 is 0 Å². The van der Waals surface area contributed by atoms with Crippen molar-refractivity contribution in [1.29, 1.82) is 0 Å². The third kappa shape index (κ3) is 4.96. The van der Waals surface area contributed by atoms with Crippen LogP contribution >= 0.6 is 0 Å². The summed E-state index contributed by atoms with van der Waals surface area (Å²) >= 11 is 0. The first-order valence-electron chi connectivity index (χ1n) is 6.35. The van der Waals surface area contributed by atoms with Crippen LogP contribution < -0.4 is 11.1 Å².